The van der Waals surface area contributed by atoms with Crippen LogP contribution >= 0.6 is 11.6 Å². The molecule has 3 aromatic carbocycles. The molecular formula is C32H40ClN3O4S. The van der Waals surface area contributed by atoms with Crippen molar-refractivity contribution in [1.29, 1.82) is 0 Å². The van der Waals surface area contributed by atoms with Crippen molar-refractivity contribution >= 4 is 39.1 Å². The second kappa shape index (κ2) is 14.0. The van der Waals surface area contributed by atoms with E-state index in [2.05, 4.69) is 5.32 Å². The van der Waals surface area contributed by atoms with Crippen LogP contribution in [0.1, 0.15) is 49.4 Å². The third-order valence-corrected chi connectivity index (χ3v) is 8.91. The third-order valence-electron chi connectivity index (χ3n) is 6.75. The Morgan fingerprint density at radius 1 is 0.902 bits per heavy atom. The highest BCUT2D eigenvalue weighted by molar-refractivity contribution is 7.92. The van der Waals surface area contributed by atoms with Gasteiger partial charge in [0.15, 0.2) is 0 Å². The van der Waals surface area contributed by atoms with Gasteiger partial charge < -0.3 is 10.2 Å². The van der Waals surface area contributed by atoms with Crippen molar-refractivity contribution in [2.75, 3.05) is 17.4 Å². The van der Waals surface area contributed by atoms with Crippen LogP contribution in [0.4, 0.5) is 5.69 Å². The molecule has 2 amide bonds. The summed E-state index contributed by atoms with van der Waals surface area (Å²) in [6.45, 7) is 11.5. The highest BCUT2D eigenvalue weighted by Gasteiger charge is 2.34. The van der Waals surface area contributed by atoms with E-state index in [0.29, 0.717) is 29.2 Å². The van der Waals surface area contributed by atoms with Crippen molar-refractivity contribution in [1.82, 2.24) is 10.2 Å². The lowest BCUT2D eigenvalue weighted by atomic mass is 10.1. The van der Waals surface area contributed by atoms with E-state index in [1.807, 2.05) is 53.7 Å². The van der Waals surface area contributed by atoms with Crippen LogP contribution in [0.2, 0.25) is 5.02 Å². The summed E-state index contributed by atoms with van der Waals surface area (Å²) in [6.07, 6.45) is 0.342. The number of hydrogen-bond donors (Lipinski definition) is 1. The molecule has 0 unspecified atom stereocenters. The SMILES string of the molecule is CC[C@@H](C(=O)NCC(C)C)N(Cc1ccccc1Cl)C(=O)CN(c1cc(C)cc(C)c1)S(=O)(=O)c1ccc(C)cc1. The number of anilines is 1. The first kappa shape index (κ1) is 32.2. The van der Waals surface area contributed by atoms with E-state index >= 15 is 0 Å². The maximum atomic E-state index is 14.2. The summed E-state index contributed by atoms with van der Waals surface area (Å²) in [5.41, 5.74) is 3.69. The van der Waals surface area contributed by atoms with E-state index in [1.165, 1.54) is 4.90 Å². The van der Waals surface area contributed by atoms with Gasteiger partial charge in [0.1, 0.15) is 12.6 Å². The molecule has 3 rings (SSSR count). The number of halogens is 1. The van der Waals surface area contributed by atoms with Gasteiger partial charge in [0.25, 0.3) is 10.0 Å². The van der Waals surface area contributed by atoms with Crippen LogP contribution in [0.3, 0.4) is 0 Å². The van der Waals surface area contributed by atoms with Crippen molar-refractivity contribution < 1.29 is 18.0 Å². The van der Waals surface area contributed by atoms with Gasteiger partial charge in [-0.3, -0.25) is 13.9 Å². The molecule has 0 radical (unpaired) electrons. The van der Waals surface area contributed by atoms with Gasteiger partial charge in [-0.2, -0.15) is 0 Å². The second-order valence-electron chi connectivity index (χ2n) is 10.8. The summed E-state index contributed by atoms with van der Waals surface area (Å²) in [7, 11) is -4.13. The van der Waals surface area contributed by atoms with Gasteiger partial charge in [-0.1, -0.05) is 74.3 Å². The lowest BCUT2D eigenvalue weighted by Gasteiger charge is -2.33. The number of nitrogens with one attached hydrogen (secondary N) is 1. The number of carbonyl (C=O) groups is 2. The first-order valence-corrected chi connectivity index (χ1v) is 15.6. The van der Waals surface area contributed by atoms with Crippen LogP contribution < -0.4 is 9.62 Å². The average Bonchev–Trinajstić information content (AvgIpc) is 2.90. The summed E-state index contributed by atoms with van der Waals surface area (Å²) in [5.74, 6) is -0.573. The van der Waals surface area contributed by atoms with E-state index in [0.717, 1.165) is 21.0 Å². The van der Waals surface area contributed by atoms with Crippen molar-refractivity contribution in [3.8, 4) is 0 Å². The Hall–Kier alpha value is -3.36. The third kappa shape index (κ3) is 8.33. The molecule has 3 aromatic rings. The molecule has 9 heteroatoms. The quantitative estimate of drug-likeness (QED) is 0.276. The monoisotopic (exact) mass is 597 g/mol. The first-order chi connectivity index (χ1) is 19.3. The number of aryl methyl sites for hydroxylation is 3. The fourth-order valence-electron chi connectivity index (χ4n) is 4.61. The molecule has 0 aliphatic rings. The minimum Gasteiger partial charge on any atom is -0.354 e. The van der Waals surface area contributed by atoms with E-state index in [9.17, 15) is 18.0 Å². The molecule has 0 spiro atoms. The molecule has 0 aliphatic carbocycles. The van der Waals surface area contributed by atoms with E-state index in [1.54, 1.807) is 54.6 Å². The number of rotatable bonds is 12. The molecule has 0 aromatic heterocycles. The van der Waals surface area contributed by atoms with Crippen LogP contribution in [0.15, 0.2) is 71.6 Å². The standard InChI is InChI=1S/C32H40ClN3O4S/c1-7-30(32(38)34-19-22(2)3)35(20-26-10-8-9-11-29(26)33)31(37)21-36(27-17-24(5)16-25(6)18-27)41(39,40)28-14-12-23(4)13-15-28/h8-18,22,30H,7,19-21H2,1-6H3,(H,34,38)/t30-/m0/s1. The van der Waals surface area contributed by atoms with Crippen molar-refractivity contribution in [2.24, 2.45) is 5.92 Å². The second-order valence-corrected chi connectivity index (χ2v) is 13.1. The summed E-state index contributed by atoms with van der Waals surface area (Å²) >= 11 is 6.46. The average molecular weight is 598 g/mol. The van der Waals surface area contributed by atoms with Gasteiger partial charge in [0.05, 0.1) is 10.6 Å². The van der Waals surface area contributed by atoms with Crippen LogP contribution in [-0.4, -0.2) is 44.3 Å². The van der Waals surface area contributed by atoms with Crippen molar-refractivity contribution in [2.45, 2.75) is 65.4 Å². The van der Waals surface area contributed by atoms with Gasteiger partial charge >= 0.3 is 0 Å². The Balaban J connectivity index is 2.09. The summed E-state index contributed by atoms with van der Waals surface area (Å²) in [4.78, 5) is 29.0. The molecule has 220 valence electrons. The van der Waals surface area contributed by atoms with E-state index in [4.69, 9.17) is 11.6 Å². The molecule has 0 saturated heterocycles. The molecule has 41 heavy (non-hydrogen) atoms. The zero-order valence-corrected chi connectivity index (χ0v) is 26.2. The largest absolute Gasteiger partial charge is 0.354 e. The molecule has 1 N–H and O–H groups in total. The summed E-state index contributed by atoms with van der Waals surface area (Å²) in [6, 6.07) is 18.3. The molecule has 1 atom stereocenters. The molecule has 0 saturated carbocycles. The lowest BCUT2D eigenvalue weighted by molar-refractivity contribution is -0.140. The van der Waals surface area contributed by atoms with Crippen molar-refractivity contribution in [3.05, 3.63) is 94.0 Å². The van der Waals surface area contributed by atoms with Crippen molar-refractivity contribution in [3.63, 3.8) is 0 Å². The highest BCUT2D eigenvalue weighted by atomic mass is 35.5. The number of benzene rings is 3. The number of sulfonamides is 1. The molecule has 0 fully saturated rings. The highest BCUT2D eigenvalue weighted by Crippen LogP contribution is 2.27. The minimum atomic E-state index is -4.13. The Morgan fingerprint density at radius 3 is 2.07 bits per heavy atom. The van der Waals surface area contributed by atoms with E-state index in [-0.39, 0.29) is 23.3 Å². The minimum absolute atomic E-state index is 0.0530. The summed E-state index contributed by atoms with van der Waals surface area (Å²) < 4.78 is 29.2. The zero-order valence-electron chi connectivity index (χ0n) is 24.6. The number of hydrogen-bond acceptors (Lipinski definition) is 4. The van der Waals surface area contributed by atoms with E-state index < -0.39 is 28.5 Å². The van der Waals surface area contributed by atoms with Gasteiger partial charge in [-0.05, 0) is 80.1 Å². The molecule has 7 nitrogen and oxygen atoms in total. The molecular weight excluding hydrogens is 558 g/mol. The smallest absolute Gasteiger partial charge is 0.264 e. The maximum Gasteiger partial charge on any atom is 0.264 e. The molecule has 0 aliphatic heterocycles. The van der Waals surface area contributed by atoms with Crippen LogP contribution in [0.25, 0.3) is 0 Å². The Labute approximate surface area is 249 Å². The number of amides is 2. The Bertz CT molecular complexity index is 1450. The fourth-order valence-corrected chi connectivity index (χ4v) is 6.21. The molecule has 0 heterocycles. The Morgan fingerprint density at radius 2 is 1.51 bits per heavy atom. The van der Waals surface area contributed by atoms with Crippen LogP contribution in [0, 0.1) is 26.7 Å². The first-order valence-electron chi connectivity index (χ1n) is 13.8. The summed E-state index contributed by atoms with van der Waals surface area (Å²) in [5, 5.41) is 3.39. The topological polar surface area (TPSA) is 86.8 Å². The lowest BCUT2D eigenvalue weighted by Crippen LogP contribution is -2.52. The number of carbonyl (C=O) groups excluding carboxylic acids is 2. The van der Waals surface area contributed by atoms with Gasteiger partial charge in [0.2, 0.25) is 11.8 Å². The zero-order chi connectivity index (χ0) is 30.3. The van der Waals surface area contributed by atoms with Crippen LogP contribution in [-0.2, 0) is 26.2 Å². The Kier molecular flexibility index (Phi) is 11.0. The fraction of sp³-hybridized carbons (Fsp3) is 0.375. The predicted molar refractivity (Wildman–Crippen MR) is 166 cm³/mol. The van der Waals surface area contributed by atoms with Gasteiger partial charge in [0, 0.05) is 18.1 Å². The number of nitrogens with zero attached hydrogens (tertiary/aromatic N) is 2. The van der Waals surface area contributed by atoms with Gasteiger partial charge in [-0.25, -0.2) is 8.42 Å². The normalized spacial score (nSPS) is 12.2. The maximum absolute atomic E-state index is 14.2. The van der Waals surface area contributed by atoms with Gasteiger partial charge in [-0.15, -0.1) is 0 Å². The predicted octanol–water partition coefficient (Wildman–Crippen LogP) is 6.04. The molecule has 0 bridgehead atoms. The van der Waals surface area contributed by atoms with Crippen LogP contribution in [0.5, 0.6) is 0 Å².